The summed E-state index contributed by atoms with van der Waals surface area (Å²) in [5.41, 5.74) is -1.34. The number of aliphatic hydroxyl groups is 1. The molecule has 10 heteroatoms. The lowest BCUT2D eigenvalue weighted by Crippen LogP contribution is -2.70. The number of amides is 2. The molecule has 5 aliphatic rings. The molecule has 5 aliphatic carbocycles. The second-order valence-corrected chi connectivity index (χ2v) is 11.4. The summed E-state index contributed by atoms with van der Waals surface area (Å²) in [4.78, 5) is 37.2. The molecule has 0 saturated heterocycles. The first-order valence-corrected chi connectivity index (χ1v) is 13.0. The van der Waals surface area contributed by atoms with E-state index in [4.69, 9.17) is 16.3 Å². The average molecular weight is 503 g/mol. The third kappa shape index (κ3) is 5.36. The van der Waals surface area contributed by atoms with Crippen molar-refractivity contribution in [2.24, 2.45) is 11.8 Å². The van der Waals surface area contributed by atoms with Crippen LogP contribution in [-0.2, 0) is 19.1 Å². The van der Waals surface area contributed by atoms with E-state index in [1.807, 2.05) is 0 Å². The van der Waals surface area contributed by atoms with Crippen molar-refractivity contribution in [3.05, 3.63) is 0 Å². The van der Waals surface area contributed by atoms with Gasteiger partial charge in [0.25, 0.3) is 0 Å². The molecule has 6 atom stereocenters. The van der Waals surface area contributed by atoms with Crippen LogP contribution in [0.15, 0.2) is 0 Å². The first-order chi connectivity index (χ1) is 16.1. The lowest BCUT2D eigenvalue weighted by molar-refractivity contribution is -0.151. The van der Waals surface area contributed by atoms with Gasteiger partial charge in [0.15, 0.2) is 0 Å². The zero-order valence-corrected chi connectivity index (χ0v) is 20.2. The number of aliphatic carboxylic acids is 1. The minimum atomic E-state index is -1.14. The lowest BCUT2D eigenvalue weighted by Gasteiger charge is -2.56. The number of halogens is 2. The maximum absolute atomic E-state index is 13.8. The predicted octanol–water partition coefficient (Wildman–Crippen LogP) is 2.44. The molecule has 5 fully saturated rings. The van der Waals surface area contributed by atoms with Crippen molar-refractivity contribution >= 4 is 29.4 Å². The Morgan fingerprint density at radius 2 is 1.68 bits per heavy atom. The minimum Gasteiger partial charge on any atom is -0.481 e. The SMILES string of the molecule is O=C(COC1CCC(Cl)C(F)C1)NC12CCC(NC(=O)C3CCCCC3C(=O)O)(CC1)CC2O. The maximum atomic E-state index is 13.8. The van der Waals surface area contributed by atoms with E-state index < -0.39 is 46.5 Å². The van der Waals surface area contributed by atoms with E-state index in [9.17, 15) is 29.0 Å². The molecule has 0 aliphatic heterocycles. The highest BCUT2D eigenvalue weighted by atomic mass is 35.5. The molecule has 4 N–H and O–H groups in total. The van der Waals surface area contributed by atoms with Crippen LogP contribution in [-0.4, -0.2) is 69.4 Å². The van der Waals surface area contributed by atoms with Crippen molar-refractivity contribution < 1.29 is 33.7 Å². The molecule has 0 spiro atoms. The predicted molar refractivity (Wildman–Crippen MR) is 122 cm³/mol. The number of hydrogen-bond acceptors (Lipinski definition) is 5. The van der Waals surface area contributed by atoms with Crippen LogP contribution in [0.1, 0.15) is 77.0 Å². The summed E-state index contributed by atoms with van der Waals surface area (Å²) in [6.45, 7) is -0.195. The molecule has 192 valence electrons. The van der Waals surface area contributed by atoms with Gasteiger partial charge < -0.3 is 25.6 Å². The third-order valence-corrected chi connectivity index (χ3v) is 9.10. The van der Waals surface area contributed by atoms with E-state index >= 15 is 0 Å². The third-order valence-electron chi connectivity index (χ3n) is 8.61. The zero-order chi connectivity index (χ0) is 24.5. The standard InChI is InChI=1S/C24H36ClFN2O6/c25-17-6-5-14(11-18(17)26)34-13-20(30)27-24-9-7-23(8-10-24,12-19(24)29)28-21(31)15-3-1-2-4-16(15)22(32)33/h14-19,29H,1-13H2,(H,27,30)(H,28,31)(H,32,33). The van der Waals surface area contributed by atoms with Crippen molar-refractivity contribution in [2.45, 2.75) is 112 Å². The molecule has 6 unspecified atom stereocenters. The molecule has 0 aromatic carbocycles. The van der Waals surface area contributed by atoms with Gasteiger partial charge in [-0.05, 0) is 57.8 Å². The number of alkyl halides is 2. The van der Waals surface area contributed by atoms with E-state index in [1.54, 1.807) is 0 Å². The number of rotatable bonds is 7. The van der Waals surface area contributed by atoms with E-state index in [-0.39, 0.29) is 30.9 Å². The van der Waals surface area contributed by atoms with Crippen LogP contribution in [0.25, 0.3) is 0 Å². The molecular formula is C24H36ClFN2O6. The van der Waals surface area contributed by atoms with E-state index in [0.717, 1.165) is 12.8 Å². The van der Waals surface area contributed by atoms with Crippen molar-refractivity contribution in [1.29, 1.82) is 0 Å². The van der Waals surface area contributed by atoms with Gasteiger partial charge in [-0.15, -0.1) is 11.6 Å². The monoisotopic (exact) mass is 502 g/mol. The number of hydrogen-bond donors (Lipinski definition) is 4. The van der Waals surface area contributed by atoms with Crippen molar-refractivity contribution in [3.8, 4) is 0 Å². The normalized spacial score (nSPS) is 42.1. The molecule has 34 heavy (non-hydrogen) atoms. The Morgan fingerprint density at radius 3 is 2.29 bits per heavy atom. The molecule has 5 saturated carbocycles. The highest BCUT2D eigenvalue weighted by Gasteiger charge is 2.56. The number of fused-ring (bicyclic) bond motifs is 3. The van der Waals surface area contributed by atoms with Crippen molar-refractivity contribution in [3.63, 3.8) is 0 Å². The highest BCUT2D eigenvalue weighted by Crippen LogP contribution is 2.47. The van der Waals surface area contributed by atoms with Crippen molar-refractivity contribution in [1.82, 2.24) is 10.6 Å². The van der Waals surface area contributed by atoms with Gasteiger partial charge in [0, 0.05) is 12.0 Å². The second-order valence-electron chi connectivity index (χ2n) is 10.8. The number of nitrogens with one attached hydrogen (secondary N) is 2. The Kier molecular flexibility index (Phi) is 7.74. The summed E-state index contributed by atoms with van der Waals surface area (Å²) >= 11 is 5.90. The largest absolute Gasteiger partial charge is 0.481 e. The van der Waals surface area contributed by atoms with Crippen LogP contribution >= 0.6 is 11.6 Å². The summed E-state index contributed by atoms with van der Waals surface area (Å²) in [5, 5.41) is 26.0. The summed E-state index contributed by atoms with van der Waals surface area (Å²) in [5.74, 6) is -2.70. The Labute approximate surface area is 204 Å². The Hall–Kier alpha value is -1.45. The fraction of sp³-hybridized carbons (Fsp3) is 0.875. The number of aliphatic hydroxyl groups excluding tert-OH is 1. The second kappa shape index (κ2) is 10.3. The molecule has 2 amide bonds. The number of carbonyl (C=O) groups excluding carboxylic acids is 2. The minimum absolute atomic E-state index is 0.182. The Morgan fingerprint density at radius 1 is 1.00 bits per heavy atom. The first-order valence-electron chi connectivity index (χ1n) is 12.6. The quantitative estimate of drug-likeness (QED) is 0.396. The molecule has 0 aromatic heterocycles. The van der Waals surface area contributed by atoms with Crippen LogP contribution in [0.4, 0.5) is 4.39 Å². The van der Waals surface area contributed by atoms with Crippen LogP contribution in [0.2, 0.25) is 0 Å². The Balaban J connectivity index is 1.29. The van der Waals surface area contributed by atoms with Gasteiger partial charge in [0.05, 0.1) is 35.0 Å². The van der Waals surface area contributed by atoms with E-state index in [2.05, 4.69) is 10.6 Å². The fourth-order valence-electron chi connectivity index (χ4n) is 6.46. The summed E-state index contributed by atoms with van der Waals surface area (Å²) in [6.07, 6.45) is 4.28. The van der Waals surface area contributed by atoms with E-state index in [1.165, 1.54) is 0 Å². The van der Waals surface area contributed by atoms with Crippen molar-refractivity contribution in [2.75, 3.05) is 6.61 Å². The zero-order valence-electron chi connectivity index (χ0n) is 19.4. The molecule has 8 nitrogen and oxygen atoms in total. The smallest absolute Gasteiger partial charge is 0.307 e. The lowest BCUT2D eigenvalue weighted by atomic mass is 9.59. The number of carboxylic acid groups (broad SMARTS) is 1. The summed E-state index contributed by atoms with van der Waals surface area (Å²) < 4.78 is 19.4. The average Bonchev–Trinajstić information content (AvgIpc) is 2.81. The first kappa shape index (κ1) is 25.6. The van der Waals surface area contributed by atoms with Crippen LogP contribution in [0, 0.1) is 11.8 Å². The molecule has 0 aromatic rings. The van der Waals surface area contributed by atoms with E-state index in [0.29, 0.717) is 57.8 Å². The van der Waals surface area contributed by atoms with Crippen LogP contribution in [0.5, 0.6) is 0 Å². The highest BCUT2D eigenvalue weighted by molar-refractivity contribution is 6.21. The summed E-state index contributed by atoms with van der Waals surface area (Å²) in [6, 6.07) is 0. The molecule has 5 rings (SSSR count). The van der Waals surface area contributed by atoms with Crippen LogP contribution < -0.4 is 10.6 Å². The molecule has 0 radical (unpaired) electrons. The fourth-order valence-corrected chi connectivity index (χ4v) is 6.69. The van der Waals surface area contributed by atoms with Gasteiger partial charge >= 0.3 is 5.97 Å². The Bertz CT molecular complexity index is 789. The van der Waals surface area contributed by atoms with Gasteiger partial charge in [0.1, 0.15) is 12.8 Å². The molecular weight excluding hydrogens is 467 g/mol. The number of carboxylic acids is 1. The topological polar surface area (TPSA) is 125 Å². The number of ether oxygens (including phenoxy) is 1. The number of carbonyl (C=O) groups is 3. The van der Waals surface area contributed by atoms with Crippen LogP contribution in [0.3, 0.4) is 0 Å². The van der Waals surface area contributed by atoms with Gasteiger partial charge in [-0.3, -0.25) is 14.4 Å². The van der Waals surface area contributed by atoms with Gasteiger partial charge in [-0.25, -0.2) is 4.39 Å². The van der Waals surface area contributed by atoms with Gasteiger partial charge in [0.2, 0.25) is 11.8 Å². The molecule has 2 bridgehead atoms. The van der Waals surface area contributed by atoms with Gasteiger partial charge in [-0.2, -0.15) is 0 Å². The van der Waals surface area contributed by atoms with Gasteiger partial charge in [-0.1, -0.05) is 12.8 Å². The summed E-state index contributed by atoms with van der Waals surface area (Å²) in [7, 11) is 0. The maximum Gasteiger partial charge on any atom is 0.307 e. The molecule has 0 heterocycles.